The topological polar surface area (TPSA) is 53.3 Å². The maximum Gasteiger partial charge on any atom is 0.415 e. The minimum Gasteiger partial charge on any atom is -0.446 e. The first kappa shape index (κ1) is 23.6. The highest BCUT2D eigenvalue weighted by Gasteiger charge is 2.46. The molecule has 2 aromatic carbocycles. The normalized spacial score (nSPS) is 26.5. The molecule has 1 aliphatic heterocycles. The number of nitrogens with zero attached hydrogens (tertiary/aromatic N) is 2. The van der Waals surface area contributed by atoms with Crippen molar-refractivity contribution in [3.63, 3.8) is 0 Å². The number of benzene rings is 2. The molecule has 0 bridgehead atoms. The molecule has 1 amide bonds. The Morgan fingerprint density at radius 2 is 1.94 bits per heavy atom. The van der Waals surface area contributed by atoms with Gasteiger partial charge in [-0.1, -0.05) is 85.6 Å². The first-order chi connectivity index (χ1) is 15.9. The molecule has 1 saturated carbocycles. The second-order valence-corrected chi connectivity index (χ2v) is 10.6. The van der Waals surface area contributed by atoms with E-state index in [4.69, 9.17) is 4.74 Å². The molecule has 1 unspecified atom stereocenters. The molecule has 5 heteroatoms. The third kappa shape index (κ3) is 4.59. The van der Waals surface area contributed by atoms with Gasteiger partial charge in [0.1, 0.15) is 6.10 Å². The highest BCUT2D eigenvalue weighted by Crippen LogP contribution is 2.41. The molecular formula is C28H31BrN2O2. The molecule has 2 aliphatic rings. The lowest BCUT2D eigenvalue weighted by molar-refractivity contribution is -0.0137. The van der Waals surface area contributed by atoms with Gasteiger partial charge in [-0.2, -0.15) is 5.26 Å². The van der Waals surface area contributed by atoms with Crippen molar-refractivity contribution in [1.29, 1.82) is 5.26 Å². The number of amides is 1. The van der Waals surface area contributed by atoms with Crippen molar-refractivity contribution in [1.82, 2.24) is 4.90 Å². The zero-order valence-electron chi connectivity index (χ0n) is 19.5. The van der Waals surface area contributed by atoms with Gasteiger partial charge in [-0.3, -0.25) is 4.90 Å². The summed E-state index contributed by atoms with van der Waals surface area (Å²) in [4.78, 5) is 15.2. The summed E-state index contributed by atoms with van der Waals surface area (Å²) >= 11 is 3.62. The van der Waals surface area contributed by atoms with Gasteiger partial charge in [-0.15, -0.1) is 0 Å². The lowest BCUT2D eigenvalue weighted by Gasteiger charge is -2.42. The summed E-state index contributed by atoms with van der Waals surface area (Å²) in [7, 11) is 0. The SMILES string of the molecule is CC(C)[C@@H]1CC[C@@H](C)C[C@H]1OC(=O)N1C=Cc2ccccc2C1(C#N)Cc1ccccc1Br. The zero-order valence-corrected chi connectivity index (χ0v) is 21.1. The van der Waals surface area contributed by atoms with Crippen LogP contribution in [0, 0.1) is 29.1 Å². The Hall–Kier alpha value is -2.58. The van der Waals surface area contributed by atoms with E-state index >= 15 is 0 Å². The monoisotopic (exact) mass is 506 g/mol. The summed E-state index contributed by atoms with van der Waals surface area (Å²) in [5.41, 5.74) is 1.54. The minimum atomic E-state index is -1.19. The molecule has 4 nitrogen and oxygen atoms in total. The summed E-state index contributed by atoms with van der Waals surface area (Å²) in [5.74, 6) is 1.30. The van der Waals surface area contributed by atoms with Gasteiger partial charge in [0.25, 0.3) is 0 Å². The molecule has 0 radical (unpaired) electrons. The number of carbonyl (C=O) groups excluding carboxylic acids is 1. The molecule has 0 aromatic heterocycles. The van der Waals surface area contributed by atoms with Crippen molar-refractivity contribution in [2.24, 2.45) is 17.8 Å². The van der Waals surface area contributed by atoms with Crippen molar-refractivity contribution in [2.75, 3.05) is 0 Å². The predicted octanol–water partition coefficient (Wildman–Crippen LogP) is 7.29. The van der Waals surface area contributed by atoms with E-state index in [0.717, 1.165) is 40.4 Å². The number of ether oxygens (including phenoxy) is 1. The van der Waals surface area contributed by atoms with Crippen LogP contribution in [0.5, 0.6) is 0 Å². The van der Waals surface area contributed by atoms with Crippen LogP contribution in [-0.2, 0) is 16.7 Å². The van der Waals surface area contributed by atoms with E-state index in [0.29, 0.717) is 24.2 Å². The lowest BCUT2D eigenvalue weighted by atomic mass is 9.75. The van der Waals surface area contributed by atoms with Gasteiger partial charge in [-0.25, -0.2) is 4.79 Å². The van der Waals surface area contributed by atoms with Gasteiger partial charge in [0.05, 0.1) is 6.07 Å². The van der Waals surface area contributed by atoms with Crippen molar-refractivity contribution in [3.05, 3.63) is 75.9 Å². The van der Waals surface area contributed by atoms with Crippen LogP contribution < -0.4 is 0 Å². The third-order valence-electron chi connectivity index (χ3n) is 7.22. The minimum absolute atomic E-state index is 0.133. The number of fused-ring (bicyclic) bond motifs is 1. The van der Waals surface area contributed by atoms with Gasteiger partial charge in [0.2, 0.25) is 0 Å². The molecular weight excluding hydrogens is 476 g/mol. The van der Waals surface area contributed by atoms with E-state index in [1.165, 1.54) is 4.90 Å². The van der Waals surface area contributed by atoms with E-state index in [1.54, 1.807) is 6.20 Å². The zero-order chi connectivity index (χ0) is 23.6. The number of nitriles is 1. The lowest BCUT2D eigenvalue weighted by Crippen LogP contribution is -2.50. The fraction of sp³-hybridized carbons (Fsp3) is 0.429. The molecule has 172 valence electrons. The van der Waals surface area contributed by atoms with Crippen molar-refractivity contribution < 1.29 is 9.53 Å². The van der Waals surface area contributed by atoms with Crippen LogP contribution in [-0.4, -0.2) is 17.1 Å². The quantitative estimate of drug-likeness (QED) is 0.437. The number of hydrogen-bond donors (Lipinski definition) is 0. The fourth-order valence-electron chi connectivity index (χ4n) is 5.34. The average molecular weight is 507 g/mol. The Morgan fingerprint density at radius 3 is 2.67 bits per heavy atom. The second-order valence-electron chi connectivity index (χ2n) is 9.76. The molecule has 4 rings (SSSR count). The van der Waals surface area contributed by atoms with Crippen molar-refractivity contribution in [2.45, 2.75) is 58.1 Å². The Labute approximate surface area is 205 Å². The van der Waals surface area contributed by atoms with Crippen LogP contribution in [0.4, 0.5) is 4.79 Å². The van der Waals surface area contributed by atoms with Crippen LogP contribution in [0.25, 0.3) is 6.08 Å². The number of rotatable bonds is 4. The maximum atomic E-state index is 13.7. The third-order valence-corrected chi connectivity index (χ3v) is 7.99. The van der Waals surface area contributed by atoms with Gasteiger partial charge in [0.15, 0.2) is 5.54 Å². The molecule has 1 heterocycles. The molecule has 0 N–H and O–H groups in total. The second kappa shape index (κ2) is 9.73. The van der Waals surface area contributed by atoms with Gasteiger partial charge in [0, 0.05) is 22.7 Å². The van der Waals surface area contributed by atoms with Crippen LogP contribution in [0.15, 0.2) is 59.2 Å². The summed E-state index contributed by atoms with van der Waals surface area (Å²) in [6, 6.07) is 18.2. The van der Waals surface area contributed by atoms with Gasteiger partial charge in [-0.05, 0) is 53.9 Å². The largest absolute Gasteiger partial charge is 0.446 e. The van der Waals surface area contributed by atoms with Crippen LogP contribution in [0.1, 0.15) is 56.7 Å². The average Bonchev–Trinajstić information content (AvgIpc) is 2.80. The van der Waals surface area contributed by atoms with Crippen molar-refractivity contribution in [3.8, 4) is 6.07 Å². The van der Waals surface area contributed by atoms with Crippen LogP contribution in [0.3, 0.4) is 0 Å². The number of hydrogen-bond acceptors (Lipinski definition) is 3. The fourth-order valence-corrected chi connectivity index (χ4v) is 5.76. The van der Waals surface area contributed by atoms with Gasteiger partial charge < -0.3 is 4.74 Å². The standard InChI is InChI=1S/C28H31BrN2O2/c1-19(2)23-13-12-20(3)16-26(23)33-27(32)31-15-14-21-8-4-6-10-24(21)28(31,18-30)17-22-9-5-7-11-25(22)29/h4-11,14-15,19-20,23,26H,12-13,16-17H2,1-3H3/t20-,23+,26-,28?/m1/s1. The molecule has 1 fully saturated rings. The summed E-state index contributed by atoms with van der Waals surface area (Å²) < 4.78 is 7.11. The molecule has 1 aliphatic carbocycles. The molecule has 0 spiro atoms. The van der Waals surface area contributed by atoms with Crippen molar-refractivity contribution >= 4 is 28.1 Å². The number of halogens is 1. The summed E-state index contributed by atoms with van der Waals surface area (Å²) in [6.07, 6.45) is 6.50. The Balaban J connectivity index is 1.72. The molecule has 2 aromatic rings. The van der Waals surface area contributed by atoms with E-state index in [1.807, 2.05) is 54.6 Å². The highest BCUT2D eigenvalue weighted by atomic mass is 79.9. The first-order valence-corrected chi connectivity index (χ1v) is 12.6. The number of carbonyl (C=O) groups is 1. The maximum absolute atomic E-state index is 13.7. The Bertz CT molecular complexity index is 1090. The van der Waals surface area contributed by atoms with Gasteiger partial charge >= 0.3 is 6.09 Å². The van der Waals surface area contributed by atoms with Crippen LogP contribution >= 0.6 is 15.9 Å². The van der Waals surface area contributed by atoms with E-state index in [9.17, 15) is 10.1 Å². The first-order valence-electron chi connectivity index (χ1n) is 11.8. The Kier molecular flexibility index (Phi) is 6.95. The highest BCUT2D eigenvalue weighted by molar-refractivity contribution is 9.10. The summed E-state index contributed by atoms with van der Waals surface area (Å²) in [6.45, 7) is 6.62. The molecule has 4 atom stereocenters. The Morgan fingerprint density at radius 1 is 1.21 bits per heavy atom. The predicted molar refractivity (Wildman–Crippen MR) is 134 cm³/mol. The van der Waals surface area contributed by atoms with E-state index in [2.05, 4.69) is 42.8 Å². The summed E-state index contributed by atoms with van der Waals surface area (Å²) in [5, 5.41) is 10.6. The molecule has 33 heavy (non-hydrogen) atoms. The molecule has 0 saturated heterocycles. The van der Waals surface area contributed by atoms with E-state index in [-0.39, 0.29) is 6.10 Å². The van der Waals surface area contributed by atoms with Crippen LogP contribution in [0.2, 0.25) is 0 Å². The van der Waals surface area contributed by atoms with E-state index < -0.39 is 11.6 Å². The smallest absolute Gasteiger partial charge is 0.415 e.